The van der Waals surface area contributed by atoms with Gasteiger partial charge in [0.05, 0.1) is 0 Å². The van der Waals surface area contributed by atoms with Gasteiger partial charge < -0.3 is 5.32 Å². The summed E-state index contributed by atoms with van der Waals surface area (Å²) in [6.07, 6.45) is 1.57. The monoisotopic (exact) mass is 241 g/mol. The number of halogens is 2. The van der Waals surface area contributed by atoms with E-state index >= 15 is 0 Å². The predicted octanol–water partition coefficient (Wildman–Crippen LogP) is 3.53. The second kappa shape index (κ2) is 6.70. The second-order valence-electron chi connectivity index (χ2n) is 4.72. The Balaban J connectivity index is 2.75. The number of benzene rings is 1. The van der Waals surface area contributed by atoms with E-state index in [-0.39, 0.29) is 6.04 Å². The topological polar surface area (TPSA) is 12.0 Å². The summed E-state index contributed by atoms with van der Waals surface area (Å²) >= 11 is 0. The maximum absolute atomic E-state index is 13.5. The molecule has 1 N–H and O–H groups in total. The summed E-state index contributed by atoms with van der Waals surface area (Å²) in [4.78, 5) is 0. The molecular formula is C14H21F2N. The first-order valence-corrected chi connectivity index (χ1v) is 6.22. The SMILES string of the molecule is CCCNC(Cc1cccc(F)c1F)C(C)C. The normalized spacial score (nSPS) is 13.1. The van der Waals surface area contributed by atoms with Gasteiger partial charge in [-0.1, -0.05) is 32.9 Å². The van der Waals surface area contributed by atoms with Crippen molar-refractivity contribution < 1.29 is 8.78 Å². The fraction of sp³-hybridized carbons (Fsp3) is 0.571. The smallest absolute Gasteiger partial charge is 0.162 e. The minimum atomic E-state index is -0.763. The van der Waals surface area contributed by atoms with E-state index in [2.05, 4.69) is 26.1 Å². The van der Waals surface area contributed by atoms with Gasteiger partial charge in [-0.3, -0.25) is 0 Å². The van der Waals surface area contributed by atoms with Gasteiger partial charge in [-0.25, -0.2) is 8.78 Å². The van der Waals surface area contributed by atoms with Gasteiger partial charge in [-0.05, 0) is 36.9 Å². The third-order valence-electron chi connectivity index (χ3n) is 2.93. The summed E-state index contributed by atoms with van der Waals surface area (Å²) in [6, 6.07) is 4.56. The van der Waals surface area contributed by atoms with Crippen molar-refractivity contribution in [3.8, 4) is 0 Å². The summed E-state index contributed by atoms with van der Waals surface area (Å²) in [5, 5.41) is 3.37. The first-order chi connectivity index (χ1) is 8.06. The van der Waals surface area contributed by atoms with E-state index in [9.17, 15) is 8.78 Å². The molecule has 0 saturated carbocycles. The molecule has 1 rings (SSSR count). The first kappa shape index (κ1) is 14.1. The minimum Gasteiger partial charge on any atom is -0.313 e. The number of rotatable bonds is 6. The molecule has 1 aromatic carbocycles. The Kier molecular flexibility index (Phi) is 5.56. The zero-order chi connectivity index (χ0) is 12.8. The van der Waals surface area contributed by atoms with Crippen LogP contribution in [0.5, 0.6) is 0 Å². The molecule has 17 heavy (non-hydrogen) atoms. The zero-order valence-corrected chi connectivity index (χ0v) is 10.8. The van der Waals surface area contributed by atoms with Gasteiger partial charge in [-0.2, -0.15) is 0 Å². The molecule has 0 aliphatic heterocycles. The molecule has 0 saturated heterocycles. The lowest BCUT2D eigenvalue weighted by molar-refractivity contribution is 0.389. The lowest BCUT2D eigenvalue weighted by atomic mass is 9.96. The molecule has 0 bridgehead atoms. The molecule has 1 unspecified atom stereocenters. The molecule has 0 amide bonds. The summed E-state index contributed by atoms with van der Waals surface area (Å²) in [7, 11) is 0. The minimum absolute atomic E-state index is 0.186. The Hall–Kier alpha value is -0.960. The molecule has 1 atom stereocenters. The van der Waals surface area contributed by atoms with Crippen LogP contribution in [0.3, 0.4) is 0 Å². The van der Waals surface area contributed by atoms with Gasteiger partial charge in [0.2, 0.25) is 0 Å². The number of nitrogens with one attached hydrogen (secondary N) is 1. The quantitative estimate of drug-likeness (QED) is 0.803. The molecule has 0 heterocycles. The highest BCUT2D eigenvalue weighted by atomic mass is 19.2. The molecule has 0 aliphatic rings. The van der Waals surface area contributed by atoms with Crippen molar-refractivity contribution in [3.63, 3.8) is 0 Å². The highest BCUT2D eigenvalue weighted by Gasteiger charge is 2.16. The Labute approximate surface area is 102 Å². The standard InChI is InChI=1S/C14H21F2N/c1-4-8-17-13(10(2)3)9-11-6-5-7-12(15)14(11)16/h5-7,10,13,17H,4,8-9H2,1-3H3. The Morgan fingerprint density at radius 3 is 2.53 bits per heavy atom. The van der Waals surface area contributed by atoms with Crippen LogP contribution < -0.4 is 5.32 Å². The fourth-order valence-electron chi connectivity index (χ4n) is 1.82. The molecule has 0 spiro atoms. The summed E-state index contributed by atoms with van der Waals surface area (Å²) in [5.41, 5.74) is 0.451. The lowest BCUT2D eigenvalue weighted by Gasteiger charge is -2.22. The third-order valence-corrected chi connectivity index (χ3v) is 2.93. The van der Waals surface area contributed by atoms with Crippen LogP contribution in [-0.4, -0.2) is 12.6 Å². The van der Waals surface area contributed by atoms with Crippen LogP contribution in [0.2, 0.25) is 0 Å². The average Bonchev–Trinajstić information content (AvgIpc) is 2.29. The van der Waals surface area contributed by atoms with Gasteiger partial charge in [0.1, 0.15) is 0 Å². The van der Waals surface area contributed by atoms with E-state index in [1.807, 2.05) is 0 Å². The van der Waals surface area contributed by atoms with Crippen LogP contribution in [-0.2, 0) is 6.42 Å². The molecule has 0 radical (unpaired) electrons. The number of hydrogen-bond acceptors (Lipinski definition) is 1. The van der Waals surface area contributed by atoms with Crippen LogP contribution >= 0.6 is 0 Å². The van der Waals surface area contributed by atoms with Gasteiger partial charge >= 0.3 is 0 Å². The van der Waals surface area contributed by atoms with E-state index in [4.69, 9.17) is 0 Å². The highest BCUT2D eigenvalue weighted by Crippen LogP contribution is 2.16. The van der Waals surface area contributed by atoms with Crippen molar-refractivity contribution in [1.29, 1.82) is 0 Å². The Bertz CT molecular complexity index is 350. The van der Waals surface area contributed by atoms with Crippen LogP contribution in [0.25, 0.3) is 0 Å². The predicted molar refractivity (Wildman–Crippen MR) is 67.0 cm³/mol. The molecule has 0 aromatic heterocycles. The molecule has 1 aromatic rings. The van der Waals surface area contributed by atoms with Crippen molar-refractivity contribution >= 4 is 0 Å². The van der Waals surface area contributed by atoms with Crippen molar-refractivity contribution in [3.05, 3.63) is 35.4 Å². The van der Waals surface area contributed by atoms with Gasteiger partial charge in [0.15, 0.2) is 11.6 Å². The van der Waals surface area contributed by atoms with E-state index in [0.29, 0.717) is 17.9 Å². The van der Waals surface area contributed by atoms with E-state index < -0.39 is 11.6 Å². The molecule has 96 valence electrons. The van der Waals surface area contributed by atoms with Crippen molar-refractivity contribution in [2.24, 2.45) is 5.92 Å². The second-order valence-corrected chi connectivity index (χ2v) is 4.72. The Morgan fingerprint density at radius 1 is 1.24 bits per heavy atom. The lowest BCUT2D eigenvalue weighted by Crippen LogP contribution is -2.36. The van der Waals surface area contributed by atoms with Crippen molar-refractivity contribution in [2.45, 2.75) is 39.7 Å². The Morgan fingerprint density at radius 2 is 1.94 bits per heavy atom. The van der Waals surface area contributed by atoms with Crippen molar-refractivity contribution in [2.75, 3.05) is 6.54 Å². The summed E-state index contributed by atoms with van der Waals surface area (Å²) in [5.74, 6) is -1.08. The largest absolute Gasteiger partial charge is 0.313 e. The van der Waals surface area contributed by atoms with Gasteiger partial charge in [-0.15, -0.1) is 0 Å². The van der Waals surface area contributed by atoms with E-state index in [0.717, 1.165) is 19.0 Å². The average molecular weight is 241 g/mol. The van der Waals surface area contributed by atoms with E-state index in [1.54, 1.807) is 12.1 Å². The zero-order valence-electron chi connectivity index (χ0n) is 10.8. The summed E-state index contributed by atoms with van der Waals surface area (Å²) < 4.78 is 26.6. The molecule has 1 nitrogen and oxygen atoms in total. The highest BCUT2D eigenvalue weighted by molar-refractivity contribution is 5.20. The number of hydrogen-bond donors (Lipinski definition) is 1. The van der Waals surface area contributed by atoms with Crippen molar-refractivity contribution in [1.82, 2.24) is 5.32 Å². The van der Waals surface area contributed by atoms with E-state index in [1.165, 1.54) is 0 Å². The van der Waals surface area contributed by atoms with Crippen LogP contribution in [0.4, 0.5) is 8.78 Å². The first-order valence-electron chi connectivity index (χ1n) is 6.22. The molecular weight excluding hydrogens is 220 g/mol. The van der Waals surface area contributed by atoms with Crippen LogP contribution in [0.15, 0.2) is 18.2 Å². The van der Waals surface area contributed by atoms with Gasteiger partial charge in [0, 0.05) is 6.04 Å². The van der Waals surface area contributed by atoms with Gasteiger partial charge in [0.25, 0.3) is 0 Å². The van der Waals surface area contributed by atoms with Crippen LogP contribution in [0, 0.1) is 17.6 Å². The molecule has 0 aliphatic carbocycles. The maximum atomic E-state index is 13.5. The van der Waals surface area contributed by atoms with Crippen LogP contribution in [0.1, 0.15) is 32.8 Å². The maximum Gasteiger partial charge on any atom is 0.162 e. The third kappa shape index (κ3) is 4.08. The summed E-state index contributed by atoms with van der Waals surface area (Å²) in [6.45, 7) is 7.17. The molecule has 3 heteroatoms. The molecule has 0 fully saturated rings. The fourth-order valence-corrected chi connectivity index (χ4v) is 1.82.